The molecule has 1 saturated heterocycles. The molecule has 190 valence electrons. The van der Waals surface area contributed by atoms with E-state index in [0.717, 1.165) is 21.1 Å². The summed E-state index contributed by atoms with van der Waals surface area (Å²) in [5.41, 5.74) is 1.53. The van der Waals surface area contributed by atoms with Gasteiger partial charge in [0, 0.05) is 49.4 Å². The molecule has 0 radical (unpaired) electrons. The second-order valence-electron chi connectivity index (χ2n) is 8.53. The highest BCUT2D eigenvalue weighted by molar-refractivity contribution is 8.01. The number of aryl methyl sites for hydroxylation is 1. The van der Waals surface area contributed by atoms with E-state index >= 15 is 0 Å². The van der Waals surface area contributed by atoms with E-state index in [-0.39, 0.29) is 17.7 Å². The standard InChI is InChI=1S/C25H30N6O3S2/c1-5-16(2)22(32)29-25-28-15-21(36-25)35-20-14-18(19(34-4)13-17(20)3)23(33)30-9-11-31(12-10-30)24-26-7-6-8-27-24/h6-8,13-16H,5,9-12H2,1-4H3,(H,28,29,32). The van der Waals surface area contributed by atoms with Crippen molar-refractivity contribution < 1.29 is 14.3 Å². The van der Waals surface area contributed by atoms with Crippen molar-refractivity contribution >= 4 is 46.0 Å². The number of rotatable bonds is 8. The Labute approximate surface area is 219 Å². The average Bonchev–Trinajstić information content (AvgIpc) is 3.35. The molecule has 1 aliphatic heterocycles. The molecule has 0 bridgehead atoms. The molecule has 0 spiro atoms. The number of anilines is 2. The number of benzene rings is 1. The Morgan fingerprint density at radius 3 is 2.56 bits per heavy atom. The van der Waals surface area contributed by atoms with Crippen molar-refractivity contribution in [2.24, 2.45) is 5.92 Å². The van der Waals surface area contributed by atoms with Crippen LogP contribution in [0.25, 0.3) is 0 Å². The number of hydrogen-bond donors (Lipinski definition) is 1. The molecule has 36 heavy (non-hydrogen) atoms. The van der Waals surface area contributed by atoms with Gasteiger partial charge in [0.15, 0.2) is 5.13 Å². The summed E-state index contributed by atoms with van der Waals surface area (Å²) in [6, 6.07) is 5.58. The first-order valence-electron chi connectivity index (χ1n) is 11.8. The fourth-order valence-corrected chi connectivity index (χ4v) is 5.67. The molecule has 2 aromatic heterocycles. The summed E-state index contributed by atoms with van der Waals surface area (Å²) in [5.74, 6) is 1.08. The average molecular weight is 527 g/mol. The van der Waals surface area contributed by atoms with Gasteiger partial charge < -0.3 is 19.9 Å². The number of carbonyl (C=O) groups excluding carboxylic acids is 2. The SMILES string of the molecule is CCC(C)C(=O)Nc1ncc(Sc2cc(C(=O)N3CCN(c4ncccn4)CC3)c(OC)cc2C)s1. The van der Waals surface area contributed by atoms with Crippen LogP contribution in [0.5, 0.6) is 5.75 Å². The Bertz CT molecular complexity index is 1210. The Balaban J connectivity index is 1.47. The third-order valence-corrected chi connectivity index (χ3v) is 8.29. The minimum Gasteiger partial charge on any atom is -0.496 e. The summed E-state index contributed by atoms with van der Waals surface area (Å²) in [5, 5.41) is 3.46. The molecular formula is C25H30N6O3S2. The number of carbonyl (C=O) groups is 2. The highest BCUT2D eigenvalue weighted by atomic mass is 32.2. The van der Waals surface area contributed by atoms with Gasteiger partial charge in [-0.3, -0.25) is 9.59 Å². The van der Waals surface area contributed by atoms with Gasteiger partial charge in [0.1, 0.15) is 5.75 Å². The fourth-order valence-electron chi connectivity index (χ4n) is 3.73. The van der Waals surface area contributed by atoms with Gasteiger partial charge in [-0.25, -0.2) is 15.0 Å². The molecule has 1 atom stereocenters. The Kier molecular flexibility index (Phi) is 8.42. The molecule has 9 nitrogen and oxygen atoms in total. The molecule has 0 saturated carbocycles. The van der Waals surface area contributed by atoms with E-state index in [1.54, 1.807) is 31.8 Å². The molecule has 1 unspecified atom stereocenters. The number of amides is 2. The van der Waals surface area contributed by atoms with Crippen LogP contribution >= 0.6 is 23.1 Å². The smallest absolute Gasteiger partial charge is 0.257 e. The van der Waals surface area contributed by atoms with Crippen LogP contribution in [-0.2, 0) is 4.79 Å². The zero-order valence-electron chi connectivity index (χ0n) is 20.9. The zero-order chi connectivity index (χ0) is 25.7. The molecule has 2 amide bonds. The molecule has 1 aromatic carbocycles. The topological polar surface area (TPSA) is 101 Å². The number of aromatic nitrogens is 3. The van der Waals surface area contributed by atoms with E-state index in [2.05, 4.69) is 25.2 Å². The maximum absolute atomic E-state index is 13.5. The molecule has 1 aliphatic rings. The molecule has 3 heterocycles. The van der Waals surface area contributed by atoms with Crippen molar-refractivity contribution in [1.82, 2.24) is 19.9 Å². The van der Waals surface area contributed by atoms with Gasteiger partial charge in [0.05, 0.1) is 23.1 Å². The lowest BCUT2D eigenvalue weighted by molar-refractivity contribution is -0.119. The summed E-state index contributed by atoms with van der Waals surface area (Å²) >= 11 is 2.94. The van der Waals surface area contributed by atoms with Crippen molar-refractivity contribution in [2.45, 2.75) is 36.3 Å². The highest BCUT2D eigenvalue weighted by Gasteiger charge is 2.26. The van der Waals surface area contributed by atoms with Gasteiger partial charge in [-0.2, -0.15) is 0 Å². The lowest BCUT2D eigenvalue weighted by Gasteiger charge is -2.35. The predicted octanol–water partition coefficient (Wildman–Crippen LogP) is 4.35. The third kappa shape index (κ3) is 5.96. The summed E-state index contributed by atoms with van der Waals surface area (Å²) in [7, 11) is 1.58. The largest absolute Gasteiger partial charge is 0.496 e. The van der Waals surface area contributed by atoms with E-state index in [9.17, 15) is 9.59 Å². The highest BCUT2D eigenvalue weighted by Crippen LogP contribution is 2.38. The minimum atomic E-state index is -0.0653. The number of methoxy groups -OCH3 is 1. The quantitative estimate of drug-likeness (QED) is 0.462. The number of nitrogens with one attached hydrogen (secondary N) is 1. The molecular weight excluding hydrogens is 496 g/mol. The Morgan fingerprint density at radius 1 is 1.17 bits per heavy atom. The van der Waals surface area contributed by atoms with E-state index in [1.807, 2.05) is 37.8 Å². The van der Waals surface area contributed by atoms with Crippen molar-refractivity contribution in [1.29, 1.82) is 0 Å². The van der Waals surface area contributed by atoms with Gasteiger partial charge in [-0.05, 0) is 37.1 Å². The molecule has 0 aliphatic carbocycles. The molecule has 1 N–H and O–H groups in total. The van der Waals surface area contributed by atoms with Crippen LogP contribution in [0.2, 0.25) is 0 Å². The number of nitrogens with zero attached hydrogens (tertiary/aromatic N) is 5. The van der Waals surface area contributed by atoms with Crippen LogP contribution in [0.4, 0.5) is 11.1 Å². The number of ether oxygens (including phenoxy) is 1. The van der Waals surface area contributed by atoms with Gasteiger partial charge in [0.25, 0.3) is 5.91 Å². The normalized spacial score (nSPS) is 14.4. The predicted molar refractivity (Wildman–Crippen MR) is 142 cm³/mol. The number of piperazine rings is 1. The Hall–Kier alpha value is -3.18. The van der Waals surface area contributed by atoms with Gasteiger partial charge in [-0.1, -0.05) is 36.9 Å². The molecule has 4 rings (SSSR count). The first-order chi connectivity index (χ1) is 17.4. The van der Waals surface area contributed by atoms with Crippen LogP contribution < -0.4 is 15.0 Å². The first kappa shape index (κ1) is 25.9. The first-order valence-corrected chi connectivity index (χ1v) is 13.5. The van der Waals surface area contributed by atoms with Crippen molar-refractivity contribution in [2.75, 3.05) is 43.5 Å². The summed E-state index contributed by atoms with van der Waals surface area (Å²) in [6.45, 7) is 8.35. The monoisotopic (exact) mass is 526 g/mol. The fraction of sp³-hybridized carbons (Fsp3) is 0.400. The summed E-state index contributed by atoms with van der Waals surface area (Å²) in [4.78, 5) is 43.5. The van der Waals surface area contributed by atoms with Crippen LogP contribution in [0.3, 0.4) is 0 Å². The van der Waals surface area contributed by atoms with E-state index < -0.39 is 0 Å². The molecule has 1 fully saturated rings. The van der Waals surface area contributed by atoms with Crippen molar-refractivity contribution in [3.63, 3.8) is 0 Å². The van der Waals surface area contributed by atoms with Crippen LogP contribution in [0.1, 0.15) is 36.2 Å². The van der Waals surface area contributed by atoms with Gasteiger partial charge >= 0.3 is 0 Å². The van der Waals surface area contributed by atoms with E-state index in [1.165, 1.54) is 23.1 Å². The second kappa shape index (κ2) is 11.7. The number of thiazole rings is 1. The molecule has 3 aromatic rings. The van der Waals surface area contributed by atoms with Gasteiger partial charge in [0.2, 0.25) is 11.9 Å². The number of hydrogen-bond acceptors (Lipinski definition) is 9. The third-order valence-electron chi connectivity index (χ3n) is 6.11. The lowest BCUT2D eigenvalue weighted by Crippen LogP contribution is -2.49. The second-order valence-corrected chi connectivity index (χ2v) is 10.9. The van der Waals surface area contributed by atoms with Crippen molar-refractivity contribution in [3.05, 3.63) is 47.9 Å². The van der Waals surface area contributed by atoms with Crippen molar-refractivity contribution in [3.8, 4) is 5.75 Å². The van der Waals surface area contributed by atoms with Crippen LogP contribution in [0.15, 0.2) is 45.9 Å². The summed E-state index contributed by atoms with van der Waals surface area (Å²) < 4.78 is 6.50. The minimum absolute atomic E-state index is 0.0316. The summed E-state index contributed by atoms with van der Waals surface area (Å²) in [6.07, 6.45) is 5.97. The maximum Gasteiger partial charge on any atom is 0.257 e. The van der Waals surface area contributed by atoms with Crippen LogP contribution in [0, 0.1) is 12.8 Å². The maximum atomic E-state index is 13.5. The van der Waals surface area contributed by atoms with Crippen LogP contribution in [-0.4, -0.2) is 65.0 Å². The Morgan fingerprint density at radius 2 is 1.89 bits per heavy atom. The van der Waals surface area contributed by atoms with Gasteiger partial charge in [-0.15, -0.1) is 0 Å². The van der Waals surface area contributed by atoms with E-state index in [4.69, 9.17) is 4.74 Å². The lowest BCUT2D eigenvalue weighted by atomic mass is 10.1. The zero-order valence-corrected chi connectivity index (χ0v) is 22.5. The van der Waals surface area contributed by atoms with E-state index in [0.29, 0.717) is 48.6 Å². The molecule has 11 heteroatoms.